The Balaban J connectivity index is 1.41. The Hall–Kier alpha value is -1.02. The monoisotopic (exact) mass is 597 g/mol. The van der Waals surface area contributed by atoms with Crippen LogP contribution < -0.4 is 0 Å². The van der Waals surface area contributed by atoms with Gasteiger partial charge >= 0.3 is 5.97 Å². The molecule has 42 heavy (non-hydrogen) atoms. The van der Waals surface area contributed by atoms with Gasteiger partial charge in [-0.05, 0) is 57.9 Å². The molecule has 0 saturated carbocycles. The molecular weight excluding hydrogens is 534 g/mol. The van der Waals surface area contributed by atoms with E-state index in [4.69, 9.17) is 9.47 Å². The van der Waals surface area contributed by atoms with E-state index < -0.39 is 24.5 Å². The Morgan fingerprint density at radius 3 is 1.74 bits per heavy atom. The Bertz CT molecular complexity index is 730. The smallest absolute Gasteiger partial charge is 0.334 e. The molecule has 2 aliphatic rings. The SMILES string of the molecule is CCCCCCCCCCCCC(O)C1CCC(C(O)CCCCC([18F])CCCCCC(O)CC2=CC(C)OC2=O)O1. The zero-order valence-electron chi connectivity index (χ0n) is 26.8. The lowest BCUT2D eigenvalue weighted by atomic mass is 9.99. The van der Waals surface area contributed by atoms with Gasteiger partial charge in [-0.1, -0.05) is 103 Å². The van der Waals surface area contributed by atoms with Crippen molar-refractivity contribution < 1.29 is 34.0 Å². The van der Waals surface area contributed by atoms with Gasteiger partial charge in [-0.15, -0.1) is 0 Å². The van der Waals surface area contributed by atoms with E-state index in [1.165, 1.54) is 57.8 Å². The molecule has 0 aliphatic carbocycles. The lowest BCUT2D eigenvalue weighted by Crippen LogP contribution is -2.31. The molecule has 2 heterocycles. The molecular formula is C35H63FO6. The van der Waals surface area contributed by atoms with Crippen LogP contribution in [0.15, 0.2) is 11.6 Å². The first-order valence-corrected chi connectivity index (χ1v) is 17.6. The molecule has 2 rings (SSSR count). The standard InChI is InChI=1S/C35H63FO6/c1-3-4-5-6-7-8-9-10-11-15-21-31(38)33-23-24-34(42-33)32(39)22-17-16-19-29(36)18-13-12-14-20-30(37)26-28-25-27(2)41-35(28)40/h25,27,29-34,37-39H,3-24,26H2,1-2H3/i36-1. The van der Waals surface area contributed by atoms with E-state index in [0.29, 0.717) is 37.7 Å². The van der Waals surface area contributed by atoms with Crippen LogP contribution in [-0.2, 0) is 14.3 Å². The van der Waals surface area contributed by atoms with Gasteiger partial charge in [-0.3, -0.25) is 0 Å². The maximum absolute atomic E-state index is 14.3. The molecule has 7 unspecified atom stereocenters. The van der Waals surface area contributed by atoms with Crippen molar-refractivity contribution in [2.24, 2.45) is 0 Å². The summed E-state index contributed by atoms with van der Waals surface area (Å²) in [5.74, 6) is -0.331. The third-order valence-corrected chi connectivity index (χ3v) is 9.07. The van der Waals surface area contributed by atoms with Gasteiger partial charge in [0.25, 0.3) is 0 Å². The summed E-state index contributed by atoms with van der Waals surface area (Å²) in [5.41, 5.74) is 0.556. The van der Waals surface area contributed by atoms with Gasteiger partial charge in [0.1, 0.15) is 12.3 Å². The maximum Gasteiger partial charge on any atom is 0.334 e. The fourth-order valence-corrected chi connectivity index (χ4v) is 6.39. The summed E-state index contributed by atoms with van der Waals surface area (Å²) < 4.78 is 25.4. The molecule has 3 N–H and O–H groups in total. The summed E-state index contributed by atoms with van der Waals surface area (Å²) in [6.07, 6.45) is 20.5. The van der Waals surface area contributed by atoms with E-state index in [-0.39, 0.29) is 24.3 Å². The molecule has 0 bridgehead atoms. The number of rotatable bonds is 26. The van der Waals surface area contributed by atoms with Crippen molar-refractivity contribution in [3.8, 4) is 0 Å². The minimum atomic E-state index is -0.833. The average molecular weight is 598 g/mol. The van der Waals surface area contributed by atoms with Gasteiger partial charge in [-0.25, -0.2) is 9.18 Å². The first-order chi connectivity index (χ1) is 20.3. The molecule has 6 nitrogen and oxygen atoms in total. The van der Waals surface area contributed by atoms with E-state index in [1.807, 2.05) is 0 Å². The molecule has 246 valence electrons. The fraction of sp³-hybridized carbons (Fsp3) is 0.914. The second-order valence-electron chi connectivity index (χ2n) is 13.1. The summed E-state index contributed by atoms with van der Waals surface area (Å²) >= 11 is 0. The number of hydrogen-bond donors (Lipinski definition) is 3. The molecule has 2 aliphatic heterocycles. The largest absolute Gasteiger partial charge is 0.455 e. The molecule has 7 heteroatoms. The topological polar surface area (TPSA) is 96.2 Å². The number of carbonyl (C=O) groups excluding carboxylic acids is 1. The third-order valence-electron chi connectivity index (χ3n) is 9.07. The predicted octanol–water partition coefficient (Wildman–Crippen LogP) is 8.04. The van der Waals surface area contributed by atoms with Crippen LogP contribution in [0.4, 0.5) is 4.39 Å². The van der Waals surface area contributed by atoms with Crippen LogP contribution >= 0.6 is 0 Å². The van der Waals surface area contributed by atoms with Crippen molar-refractivity contribution in [2.45, 2.75) is 204 Å². The summed E-state index contributed by atoms with van der Waals surface area (Å²) in [6, 6.07) is 0. The minimum Gasteiger partial charge on any atom is -0.455 e. The van der Waals surface area contributed by atoms with Gasteiger partial charge in [0.05, 0.1) is 30.5 Å². The minimum absolute atomic E-state index is 0.167. The molecule has 0 amide bonds. The van der Waals surface area contributed by atoms with Crippen LogP contribution in [0, 0.1) is 0 Å². The van der Waals surface area contributed by atoms with E-state index in [1.54, 1.807) is 13.0 Å². The van der Waals surface area contributed by atoms with Crippen LogP contribution in [0.25, 0.3) is 0 Å². The maximum atomic E-state index is 14.3. The van der Waals surface area contributed by atoms with E-state index in [9.17, 15) is 24.5 Å². The van der Waals surface area contributed by atoms with Crippen molar-refractivity contribution in [3.63, 3.8) is 0 Å². The molecule has 0 aromatic heterocycles. The Morgan fingerprint density at radius 2 is 1.19 bits per heavy atom. The number of unbranched alkanes of at least 4 members (excludes halogenated alkanes) is 12. The second-order valence-corrected chi connectivity index (χ2v) is 13.1. The van der Waals surface area contributed by atoms with Crippen molar-refractivity contribution in [1.29, 1.82) is 0 Å². The van der Waals surface area contributed by atoms with E-state index in [0.717, 1.165) is 57.8 Å². The first-order valence-electron chi connectivity index (χ1n) is 17.6. The van der Waals surface area contributed by atoms with Crippen molar-refractivity contribution in [3.05, 3.63) is 11.6 Å². The average Bonchev–Trinajstić information content (AvgIpc) is 3.58. The van der Waals surface area contributed by atoms with Crippen LogP contribution in [-0.4, -0.2) is 64.1 Å². The number of esters is 1. The van der Waals surface area contributed by atoms with E-state index in [2.05, 4.69) is 6.92 Å². The third kappa shape index (κ3) is 16.2. The van der Waals surface area contributed by atoms with Gasteiger partial charge in [0, 0.05) is 12.0 Å². The highest BCUT2D eigenvalue weighted by Gasteiger charge is 2.34. The fourth-order valence-electron chi connectivity index (χ4n) is 6.39. The van der Waals surface area contributed by atoms with Crippen LogP contribution in [0.3, 0.4) is 0 Å². The highest BCUT2D eigenvalue weighted by molar-refractivity contribution is 5.90. The summed E-state index contributed by atoms with van der Waals surface area (Å²) in [6.45, 7) is 4.05. The van der Waals surface area contributed by atoms with Gasteiger partial charge in [0.15, 0.2) is 0 Å². The summed E-state index contributed by atoms with van der Waals surface area (Å²) in [4.78, 5) is 11.6. The van der Waals surface area contributed by atoms with Crippen molar-refractivity contribution >= 4 is 5.97 Å². The molecule has 7 atom stereocenters. The van der Waals surface area contributed by atoms with Crippen molar-refractivity contribution in [2.75, 3.05) is 0 Å². The molecule has 1 saturated heterocycles. The second kappa shape index (κ2) is 22.5. The number of halogens is 1. The summed E-state index contributed by atoms with van der Waals surface area (Å²) in [7, 11) is 0. The number of hydrogen-bond acceptors (Lipinski definition) is 6. The van der Waals surface area contributed by atoms with Gasteiger partial charge < -0.3 is 24.8 Å². The van der Waals surface area contributed by atoms with E-state index >= 15 is 0 Å². The number of cyclic esters (lactones) is 1. The molecule has 0 aromatic carbocycles. The highest BCUT2D eigenvalue weighted by Crippen LogP contribution is 2.29. The number of aliphatic hydroxyl groups excluding tert-OH is 3. The number of alkyl halides is 1. The number of carbonyl (C=O) groups is 1. The molecule has 0 radical (unpaired) electrons. The quantitative estimate of drug-likeness (QED) is 0.0690. The molecule has 0 spiro atoms. The van der Waals surface area contributed by atoms with Crippen molar-refractivity contribution in [1.82, 2.24) is 0 Å². The van der Waals surface area contributed by atoms with Crippen LogP contribution in [0.1, 0.15) is 162 Å². The lowest BCUT2D eigenvalue weighted by Gasteiger charge is -2.22. The highest BCUT2D eigenvalue weighted by atomic mass is 18.2. The van der Waals surface area contributed by atoms with Gasteiger partial charge in [-0.2, -0.15) is 0 Å². The van der Waals surface area contributed by atoms with Gasteiger partial charge in [0.2, 0.25) is 0 Å². The normalized spacial score (nSPS) is 23.5. The van der Waals surface area contributed by atoms with Crippen LogP contribution in [0.2, 0.25) is 0 Å². The molecule has 1 fully saturated rings. The van der Waals surface area contributed by atoms with Crippen LogP contribution in [0.5, 0.6) is 0 Å². The lowest BCUT2D eigenvalue weighted by molar-refractivity contribution is -0.139. The Kier molecular flexibility index (Phi) is 19.9. The number of ether oxygens (including phenoxy) is 2. The number of aliphatic hydroxyl groups is 3. The summed E-state index contributed by atoms with van der Waals surface area (Å²) in [5, 5.41) is 31.3. The predicted molar refractivity (Wildman–Crippen MR) is 167 cm³/mol. The zero-order valence-corrected chi connectivity index (χ0v) is 26.8. The first kappa shape index (κ1) is 37.2. The Morgan fingerprint density at radius 1 is 0.738 bits per heavy atom. The Labute approximate surface area is 255 Å². The molecule has 0 aromatic rings. The zero-order chi connectivity index (χ0) is 30.6.